The van der Waals surface area contributed by atoms with Crippen molar-refractivity contribution in [2.24, 2.45) is 0 Å². The molecular formula is C17H16FN5O2. The second-order valence-electron chi connectivity index (χ2n) is 6.47. The van der Waals surface area contributed by atoms with Gasteiger partial charge >= 0.3 is 0 Å². The zero-order chi connectivity index (χ0) is 17.8. The molecule has 1 aliphatic heterocycles. The highest BCUT2D eigenvalue weighted by Crippen LogP contribution is 2.42. The number of aromatic nitrogens is 3. The molecule has 0 saturated carbocycles. The van der Waals surface area contributed by atoms with Gasteiger partial charge in [0.25, 0.3) is 5.56 Å². The lowest BCUT2D eigenvalue weighted by molar-refractivity contribution is 0.0976. The van der Waals surface area contributed by atoms with Crippen LogP contribution >= 0.6 is 0 Å². The third kappa shape index (κ3) is 2.33. The normalized spacial score (nSPS) is 24.1. The monoisotopic (exact) mass is 341 g/mol. The fourth-order valence-electron chi connectivity index (χ4n) is 3.68. The van der Waals surface area contributed by atoms with Gasteiger partial charge in [0.15, 0.2) is 5.78 Å². The van der Waals surface area contributed by atoms with Crippen LogP contribution in [0.25, 0.3) is 0 Å². The summed E-state index contributed by atoms with van der Waals surface area (Å²) >= 11 is 0. The number of Topliss-reactive ketones (excluding diaryl/α,β-unsaturated/α-hetero) is 1. The second-order valence-corrected chi connectivity index (χ2v) is 6.47. The minimum absolute atomic E-state index is 0.0923. The summed E-state index contributed by atoms with van der Waals surface area (Å²) in [5.41, 5.74) is 5.57. The van der Waals surface area contributed by atoms with E-state index in [9.17, 15) is 14.0 Å². The topological polar surface area (TPSA) is 103 Å². The number of carbonyl (C=O) groups is 1. The van der Waals surface area contributed by atoms with E-state index in [-0.39, 0.29) is 35.7 Å². The molecule has 7 nitrogen and oxygen atoms in total. The molecule has 1 spiro atoms. The Balaban J connectivity index is 1.86. The van der Waals surface area contributed by atoms with Crippen LogP contribution in [0.4, 0.5) is 21.7 Å². The second kappa shape index (κ2) is 5.23. The van der Waals surface area contributed by atoms with Crippen molar-refractivity contribution in [3.05, 3.63) is 52.2 Å². The Labute approximate surface area is 142 Å². The van der Waals surface area contributed by atoms with Gasteiger partial charge in [-0.2, -0.15) is 0 Å². The van der Waals surface area contributed by atoms with E-state index >= 15 is 0 Å². The molecule has 2 atom stereocenters. The number of nitrogen functional groups attached to an aromatic ring is 1. The number of hydrogen-bond acceptors (Lipinski definition) is 6. The summed E-state index contributed by atoms with van der Waals surface area (Å²) in [6, 6.07) is 3.11. The Morgan fingerprint density at radius 3 is 2.84 bits per heavy atom. The van der Waals surface area contributed by atoms with Crippen LogP contribution in [0, 0.1) is 6.92 Å². The van der Waals surface area contributed by atoms with Crippen LogP contribution < -0.4 is 16.6 Å². The van der Waals surface area contributed by atoms with Gasteiger partial charge in [0, 0.05) is 18.9 Å². The Bertz CT molecular complexity index is 983. The minimum Gasteiger partial charge on any atom is -0.384 e. The number of nitrogens with one attached hydrogen (secondary N) is 1. The molecule has 0 amide bonds. The third-order valence-corrected chi connectivity index (χ3v) is 4.68. The third-order valence-electron chi connectivity index (χ3n) is 4.68. The molecule has 0 aromatic carbocycles. The zero-order valence-electron chi connectivity index (χ0n) is 13.5. The maximum absolute atomic E-state index is 13.8. The molecule has 3 N–H and O–H groups in total. The van der Waals surface area contributed by atoms with Gasteiger partial charge in [-0.1, -0.05) is 12.2 Å². The number of halogens is 1. The summed E-state index contributed by atoms with van der Waals surface area (Å²) in [6.07, 6.45) is 3.37. The lowest BCUT2D eigenvalue weighted by atomic mass is 9.95. The Morgan fingerprint density at radius 1 is 1.36 bits per heavy atom. The maximum atomic E-state index is 13.8. The molecule has 2 aromatic heterocycles. The molecule has 3 heterocycles. The summed E-state index contributed by atoms with van der Waals surface area (Å²) in [5.74, 6) is 0.487. The van der Waals surface area contributed by atoms with Gasteiger partial charge in [-0.25, -0.2) is 14.4 Å². The van der Waals surface area contributed by atoms with Crippen molar-refractivity contribution in [3.63, 3.8) is 0 Å². The van der Waals surface area contributed by atoms with E-state index in [0.717, 1.165) is 0 Å². The SMILES string of the molecule is Cc1cc(Nc2cc(N)ncn2)c(=O)n2c1C(=O)CC21C=CC(F)C1. The molecule has 0 saturated heterocycles. The first kappa shape index (κ1) is 15.5. The van der Waals surface area contributed by atoms with Crippen LogP contribution in [-0.2, 0) is 5.54 Å². The standard InChI is InChI=1S/C17H16FN5O2/c1-9-4-11(22-14-5-13(19)20-8-21-14)16(25)23-15(9)12(24)7-17(23)3-2-10(18)6-17/h2-5,8,10H,6-7H2,1H3,(H3,19,20,21,22). The van der Waals surface area contributed by atoms with Crippen molar-refractivity contribution in [2.45, 2.75) is 31.5 Å². The number of hydrogen-bond donors (Lipinski definition) is 2. The number of nitrogens with two attached hydrogens (primary N) is 1. The zero-order valence-corrected chi connectivity index (χ0v) is 13.5. The molecule has 2 unspecified atom stereocenters. The summed E-state index contributed by atoms with van der Waals surface area (Å²) in [7, 11) is 0. The van der Waals surface area contributed by atoms with E-state index < -0.39 is 11.7 Å². The van der Waals surface area contributed by atoms with E-state index in [1.807, 2.05) is 0 Å². The molecule has 2 aromatic rings. The predicted octanol–water partition coefficient (Wildman–Crippen LogP) is 1.85. The van der Waals surface area contributed by atoms with Crippen molar-refractivity contribution in [3.8, 4) is 0 Å². The first-order valence-electron chi connectivity index (χ1n) is 7.88. The minimum atomic E-state index is -1.16. The molecule has 128 valence electrons. The van der Waals surface area contributed by atoms with Crippen molar-refractivity contribution in [1.29, 1.82) is 0 Å². The van der Waals surface area contributed by atoms with Gasteiger partial charge < -0.3 is 11.1 Å². The van der Waals surface area contributed by atoms with Crippen LogP contribution in [-0.4, -0.2) is 26.5 Å². The summed E-state index contributed by atoms with van der Waals surface area (Å²) in [4.78, 5) is 33.3. The molecular weight excluding hydrogens is 325 g/mol. The van der Waals surface area contributed by atoms with Gasteiger partial charge in [0.2, 0.25) is 0 Å². The Kier molecular flexibility index (Phi) is 3.24. The van der Waals surface area contributed by atoms with Crippen molar-refractivity contribution >= 4 is 23.1 Å². The fraction of sp³-hybridized carbons (Fsp3) is 0.294. The molecule has 2 aliphatic rings. The van der Waals surface area contributed by atoms with Gasteiger partial charge in [-0.05, 0) is 18.6 Å². The molecule has 0 fully saturated rings. The van der Waals surface area contributed by atoms with E-state index in [1.165, 1.54) is 23.0 Å². The Morgan fingerprint density at radius 2 is 2.16 bits per heavy atom. The number of aryl methyl sites for hydroxylation is 1. The number of ketones is 1. The van der Waals surface area contributed by atoms with Crippen LogP contribution in [0.2, 0.25) is 0 Å². The van der Waals surface area contributed by atoms with E-state index in [2.05, 4.69) is 15.3 Å². The summed E-state index contributed by atoms with van der Waals surface area (Å²) in [6.45, 7) is 1.76. The lowest BCUT2D eigenvalue weighted by Crippen LogP contribution is -2.37. The number of pyridine rings is 1. The van der Waals surface area contributed by atoms with Crippen LogP contribution in [0.1, 0.15) is 28.9 Å². The van der Waals surface area contributed by atoms with E-state index in [1.54, 1.807) is 19.1 Å². The number of nitrogens with zero attached hydrogens (tertiary/aromatic N) is 3. The molecule has 0 radical (unpaired) electrons. The molecule has 4 rings (SSSR count). The number of fused-ring (bicyclic) bond motifs is 2. The quantitative estimate of drug-likeness (QED) is 0.808. The van der Waals surface area contributed by atoms with Gasteiger partial charge in [0.1, 0.15) is 29.8 Å². The van der Waals surface area contributed by atoms with Gasteiger partial charge in [-0.15, -0.1) is 0 Å². The van der Waals surface area contributed by atoms with E-state index in [4.69, 9.17) is 5.73 Å². The highest BCUT2D eigenvalue weighted by Gasteiger charge is 2.47. The maximum Gasteiger partial charge on any atom is 0.275 e. The van der Waals surface area contributed by atoms with Crippen LogP contribution in [0.15, 0.2) is 35.4 Å². The van der Waals surface area contributed by atoms with Gasteiger partial charge in [-0.3, -0.25) is 14.2 Å². The van der Waals surface area contributed by atoms with Gasteiger partial charge in [0.05, 0.1) is 11.2 Å². The van der Waals surface area contributed by atoms with Crippen molar-refractivity contribution in [1.82, 2.24) is 14.5 Å². The molecule has 8 heteroatoms. The molecule has 25 heavy (non-hydrogen) atoms. The first-order chi connectivity index (χ1) is 11.9. The largest absolute Gasteiger partial charge is 0.384 e. The summed E-state index contributed by atoms with van der Waals surface area (Å²) < 4.78 is 15.2. The number of carbonyl (C=O) groups excluding carboxylic acids is 1. The molecule has 0 bridgehead atoms. The average molecular weight is 341 g/mol. The van der Waals surface area contributed by atoms with Crippen LogP contribution in [0.5, 0.6) is 0 Å². The highest BCUT2D eigenvalue weighted by atomic mass is 19.1. The van der Waals surface area contributed by atoms with Crippen LogP contribution in [0.3, 0.4) is 0 Å². The number of alkyl halides is 1. The average Bonchev–Trinajstić information content (AvgIpc) is 3.05. The fourth-order valence-corrected chi connectivity index (χ4v) is 3.68. The number of rotatable bonds is 2. The number of allylic oxidation sites excluding steroid dienone is 2. The first-order valence-corrected chi connectivity index (χ1v) is 7.88. The number of anilines is 3. The molecule has 1 aliphatic carbocycles. The summed E-state index contributed by atoms with van der Waals surface area (Å²) in [5, 5.41) is 2.92. The van der Waals surface area contributed by atoms with Crippen molar-refractivity contribution in [2.75, 3.05) is 11.1 Å². The van der Waals surface area contributed by atoms with Crippen molar-refractivity contribution < 1.29 is 9.18 Å². The predicted molar refractivity (Wildman–Crippen MR) is 90.7 cm³/mol. The highest BCUT2D eigenvalue weighted by molar-refractivity contribution is 5.99. The Hall–Kier alpha value is -3.03. The lowest BCUT2D eigenvalue weighted by Gasteiger charge is -2.25. The smallest absolute Gasteiger partial charge is 0.275 e. The van der Waals surface area contributed by atoms with E-state index in [0.29, 0.717) is 17.1 Å².